The summed E-state index contributed by atoms with van der Waals surface area (Å²) < 4.78 is 11.1. The molecule has 1 heterocycles. The van der Waals surface area contributed by atoms with Gasteiger partial charge in [0.1, 0.15) is 6.61 Å². The number of methoxy groups -OCH3 is 1. The number of ether oxygens (including phenoxy) is 2. The Morgan fingerprint density at radius 1 is 1.23 bits per heavy atom. The summed E-state index contributed by atoms with van der Waals surface area (Å²) in [5.41, 5.74) is 1.53. The van der Waals surface area contributed by atoms with Gasteiger partial charge in [-0.15, -0.1) is 6.42 Å². The van der Waals surface area contributed by atoms with Crippen molar-refractivity contribution in [3.05, 3.63) is 64.1 Å². The molecule has 0 unspecified atom stereocenters. The molecule has 0 atom stereocenters. The highest BCUT2D eigenvalue weighted by Gasteiger charge is 2.34. The van der Waals surface area contributed by atoms with E-state index in [0.717, 1.165) is 16.7 Å². The molecule has 0 bridgehead atoms. The number of carboxylic acid groups (broad SMARTS) is 1. The van der Waals surface area contributed by atoms with Gasteiger partial charge < -0.3 is 14.6 Å². The van der Waals surface area contributed by atoms with E-state index in [1.165, 1.54) is 19.2 Å². The molecular weight excluding hydrogens is 406 g/mol. The van der Waals surface area contributed by atoms with E-state index in [1.54, 1.807) is 36.4 Å². The number of hydrogen-bond acceptors (Lipinski definition) is 6. The lowest BCUT2D eigenvalue weighted by molar-refractivity contribution is -0.122. The average molecular weight is 423 g/mol. The van der Waals surface area contributed by atoms with E-state index in [0.29, 0.717) is 22.6 Å². The number of aromatic carboxylic acids is 1. The van der Waals surface area contributed by atoms with Crippen LogP contribution in [0.4, 0.5) is 4.79 Å². The number of rotatable bonds is 7. The molecule has 1 N–H and O–H groups in total. The quantitative estimate of drug-likeness (QED) is 0.537. The number of benzene rings is 2. The zero-order valence-corrected chi connectivity index (χ0v) is 16.8. The van der Waals surface area contributed by atoms with Crippen molar-refractivity contribution in [3.8, 4) is 23.8 Å². The van der Waals surface area contributed by atoms with Crippen LogP contribution in [0, 0.1) is 12.3 Å². The van der Waals surface area contributed by atoms with Crippen molar-refractivity contribution in [1.29, 1.82) is 0 Å². The number of carbonyl (C=O) groups excluding carboxylic acids is 2. The summed E-state index contributed by atoms with van der Waals surface area (Å²) in [6.07, 6.45) is 6.78. The highest BCUT2D eigenvalue weighted by atomic mass is 32.2. The van der Waals surface area contributed by atoms with Crippen molar-refractivity contribution in [2.45, 2.75) is 6.61 Å². The van der Waals surface area contributed by atoms with E-state index in [-0.39, 0.29) is 23.6 Å². The zero-order chi connectivity index (χ0) is 21.7. The number of imide groups is 1. The molecule has 0 aromatic heterocycles. The normalized spacial score (nSPS) is 14.7. The van der Waals surface area contributed by atoms with Crippen LogP contribution in [-0.2, 0) is 11.4 Å². The molecule has 8 heteroatoms. The number of hydrogen-bond donors (Lipinski definition) is 1. The minimum atomic E-state index is -1.01. The summed E-state index contributed by atoms with van der Waals surface area (Å²) in [7, 11) is 1.48. The fraction of sp³-hybridized carbons (Fsp3) is 0.136. The number of carboxylic acids is 1. The lowest BCUT2D eigenvalue weighted by Crippen LogP contribution is -2.28. The van der Waals surface area contributed by atoms with Crippen LogP contribution in [0.1, 0.15) is 21.5 Å². The van der Waals surface area contributed by atoms with Gasteiger partial charge >= 0.3 is 5.97 Å². The monoisotopic (exact) mass is 423 g/mol. The molecule has 0 aliphatic carbocycles. The van der Waals surface area contributed by atoms with Gasteiger partial charge in [0, 0.05) is 0 Å². The van der Waals surface area contributed by atoms with E-state index in [1.807, 2.05) is 0 Å². The van der Waals surface area contributed by atoms with E-state index >= 15 is 0 Å². The summed E-state index contributed by atoms with van der Waals surface area (Å²) in [5, 5.41) is 8.68. The molecule has 7 nitrogen and oxygen atoms in total. The topological polar surface area (TPSA) is 93.1 Å². The smallest absolute Gasteiger partial charge is 0.335 e. The third kappa shape index (κ3) is 4.64. The third-order valence-corrected chi connectivity index (χ3v) is 5.08. The Hall–Kier alpha value is -3.70. The molecule has 2 amide bonds. The van der Waals surface area contributed by atoms with Crippen molar-refractivity contribution in [2.75, 3.05) is 13.7 Å². The molecule has 0 saturated carbocycles. The maximum Gasteiger partial charge on any atom is 0.335 e. The molecule has 1 aliphatic heterocycles. The first-order valence-electron chi connectivity index (χ1n) is 8.75. The number of terminal acetylenes is 1. The van der Waals surface area contributed by atoms with Gasteiger partial charge in [-0.2, -0.15) is 0 Å². The van der Waals surface area contributed by atoms with Gasteiger partial charge in [-0.3, -0.25) is 14.5 Å². The maximum atomic E-state index is 12.3. The molecule has 152 valence electrons. The molecule has 1 aliphatic rings. The Morgan fingerprint density at radius 3 is 2.73 bits per heavy atom. The average Bonchev–Trinajstić information content (AvgIpc) is 3.00. The van der Waals surface area contributed by atoms with Gasteiger partial charge in [0.15, 0.2) is 11.5 Å². The summed E-state index contributed by atoms with van der Waals surface area (Å²) in [6, 6.07) is 11.5. The summed E-state index contributed by atoms with van der Waals surface area (Å²) in [4.78, 5) is 36.5. The van der Waals surface area contributed by atoms with E-state index in [2.05, 4.69) is 5.92 Å². The van der Waals surface area contributed by atoms with Gasteiger partial charge in [0.2, 0.25) is 0 Å². The van der Waals surface area contributed by atoms with Crippen LogP contribution in [0.2, 0.25) is 0 Å². The minimum Gasteiger partial charge on any atom is -0.493 e. The first-order valence-corrected chi connectivity index (χ1v) is 9.56. The van der Waals surface area contributed by atoms with E-state index in [9.17, 15) is 14.4 Å². The summed E-state index contributed by atoms with van der Waals surface area (Å²) in [6.45, 7) is 0.0863. The molecule has 30 heavy (non-hydrogen) atoms. The second-order valence-electron chi connectivity index (χ2n) is 6.18. The van der Waals surface area contributed by atoms with Crippen molar-refractivity contribution in [1.82, 2.24) is 4.90 Å². The lowest BCUT2D eigenvalue weighted by Gasteiger charge is -2.12. The van der Waals surface area contributed by atoms with Crippen LogP contribution in [0.15, 0.2) is 47.4 Å². The van der Waals surface area contributed by atoms with Crippen molar-refractivity contribution >= 4 is 35.0 Å². The fourth-order valence-electron chi connectivity index (χ4n) is 2.73. The predicted molar refractivity (Wildman–Crippen MR) is 112 cm³/mol. The Morgan fingerprint density at radius 2 is 2.03 bits per heavy atom. The zero-order valence-electron chi connectivity index (χ0n) is 16.0. The number of thioether (sulfide) groups is 1. The largest absolute Gasteiger partial charge is 0.493 e. The second kappa shape index (κ2) is 9.20. The second-order valence-corrected chi connectivity index (χ2v) is 7.17. The highest BCUT2D eigenvalue weighted by molar-refractivity contribution is 8.18. The number of amides is 2. The molecule has 2 aromatic carbocycles. The molecule has 1 saturated heterocycles. The van der Waals surface area contributed by atoms with E-state index < -0.39 is 17.1 Å². The lowest BCUT2D eigenvalue weighted by atomic mass is 10.1. The van der Waals surface area contributed by atoms with Crippen LogP contribution in [0.3, 0.4) is 0 Å². The van der Waals surface area contributed by atoms with E-state index in [4.69, 9.17) is 21.0 Å². The van der Waals surface area contributed by atoms with Crippen LogP contribution in [0.5, 0.6) is 11.5 Å². The standard InChI is InChI=1S/C22H17NO6S/c1-3-9-23-20(24)19(30-22(23)27)12-14-7-8-17(18(11-14)28-2)29-13-15-5-4-6-16(10-15)21(25)26/h1,4-8,10-12H,9,13H2,2H3,(H,25,26)/b19-12+. The Bertz CT molecular complexity index is 1090. The van der Waals surface area contributed by atoms with Gasteiger partial charge in [-0.1, -0.05) is 24.1 Å². The van der Waals surface area contributed by atoms with Gasteiger partial charge in [0.25, 0.3) is 11.1 Å². The Kier molecular flexibility index (Phi) is 6.45. The molecule has 3 rings (SSSR count). The van der Waals surface area contributed by atoms with Crippen molar-refractivity contribution in [3.63, 3.8) is 0 Å². The fourth-order valence-corrected chi connectivity index (χ4v) is 3.57. The first-order chi connectivity index (χ1) is 14.4. The number of carbonyl (C=O) groups is 3. The predicted octanol–water partition coefficient (Wildman–Crippen LogP) is 3.64. The maximum absolute atomic E-state index is 12.3. The van der Waals surface area contributed by atoms with Crippen LogP contribution in [0.25, 0.3) is 6.08 Å². The van der Waals surface area contributed by atoms with Gasteiger partial charge in [-0.05, 0) is 53.2 Å². The highest BCUT2D eigenvalue weighted by Crippen LogP contribution is 2.34. The van der Waals surface area contributed by atoms with Gasteiger partial charge in [-0.25, -0.2) is 4.79 Å². The third-order valence-electron chi connectivity index (χ3n) is 4.18. The molecule has 1 fully saturated rings. The first kappa shape index (κ1) is 21.0. The molecule has 0 spiro atoms. The Labute approximate surface area is 177 Å². The molecule has 0 radical (unpaired) electrons. The SMILES string of the molecule is C#CCN1C(=O)S/C(=C/c2ccc(OCc3cccc(C(=O)O)c3)c(OC)c2)C1=O. The molecule has 2 aromatic rings. The summed E-state index contributed by atoms with van der Waals surface area (Å²) >= 11 is 0.828. The number of nitrogens with zero attached hydrogens (tertiary/aromatic N) is 1. The minimum absolute atomic E-state index is 0.0683. The molecular formula is C22H17NO6S. The van der Waals surface area contributed by atoms with Crippen molar-refractivity contribution in [2.24, 2.45) is 0 Å². The van der Waals surface area contributed by atoms with Crippen LogP contribution >= 0.6 is 11.8 Å². The van der Waals surface area contributed by atoms with Gasteiger partial charge in [0.05, 0.1) is 24.1 Å². The Balaban J connectivity index is 1.76. The van der Waals surface area contributed by atoms with Crippen LogP contribution < -0.4 is 9.47 Å². The van der Waals surface area contributed by atoms with Crippen molar-refractivity contribution < 1.29 is 29.0 Å². The summed E-state index contributed by atoms with van der Waals surface area (Å²) in [5.74, 6) is 1.74. The van der Waals surface area contributed by atoms with Crippen LogP contribution in [-0.4, -0.2) is 40.8 Å².